The van der Waals surface area contributed by atoms with Gasteiger partial charge in [0.05, 0.1) is 6.04 Å². The van der Waals surface area contributed by atoms with Gasteiger partial charge in [0.25, 0.3) is 0 Å². The lowest BCUT2D eigenvalue weighted by molar-refractivity contribution is -0.123. The number of hydrogen-bond donors (Lipinski definition) is 2. The fraction of sp³-hybridized carbons (Fsp3) is 0.500. The number of hydrogen-bond acceptors (Lipinski definition) is 4. The lowest BCUT2D eigenvalue weighted by atomic mass is 9.92. The topological polar surface area (TPSA) is 89.4 Å². The average Bonchev–Trinajstić information content (AvgIpc) is 2.49. The summed E-state index contributed by atoms with van der Waals surface area (Å²) in [7, 11) is 0. The monoisotopic (exact) mass is 289 g/mol. The second-order valence-corrected chi connectivity index (χ2v) is 5.62. The van der Waals surface area contributed by atoms with Crippen molar-refractivity contribution in [2.45, 2.75) is 32.2 Å². The summed E-state index contributed by atoms with van der Waals surface area (Å²) in [6, 6.07) is 6.91. The van der Waals surface area contributed by atoms with Crippen molar-refractivity contribution in [1.82, 2.24) is 4.90 Å². The van der Waals surface area contributed by atoms with E-state index in [1.807, 2.05) is 6.92 Å². The maximum Gasteiger partial charge on any atom is 0.220 e. The number of nitrogen functional groups attached to an aromatic ring is 1. The lowest BCUT2D eigenvalue weighted by Crippen LogP contribution is -2.47. The predicted molar refractivity (Wildman–Crippen MR) is 82.8 cm³/mol. The molecule has 4 N–H and O–H groups in total. The van der Waals surface area contributed by atoms with E-state index in [1.165, 1.54) is 0 Å². The van der Waals surface area contributed by atoms with Gasteiger partial charge in [0.2, 0.25) is 5.91 Å². The number of primary amides is 1. The summed E-state index contributed by atoms with van der Waals surface area (Å²) >= 11 is 0. The Hall–Kier alpha value is -1.88. The second kappa shape index (κ2) is 6.72. The average molecular weight is 289 g/mol. The van der Waals surface area contributed by atoms with Gasteiger partial charge in [-0.1, -0.05) is 6.92 Å². The standard InChI is InChI=1S/C16H23N3O2/c1-2-14(15(20)11-3-5-13(17)6-4-11)19-9-7-12(8-10-19)16(18)21/h3-6,12,14H,2,7-10,17H2,1H3,(H2,18,21). The molecule has 0 aliphatic carbocycles. The summed E-state index contributed by atoms with van der Waals surface area (Å²) in [4.78, 5) is 26.0. The van der Waals surface area contributed by atoms with Gasteiger partial charge in [-0.2, -0.15) is 0 Å². The Morgan fingerprint density at radius 2 is 1.81 bits per heavy atom. The molecular formula is C16H23N3O2. The molecule has 0 saturated carbocycles. The molecule has 0 spiro atoms. The van der Waals surface area contributed by atoms with Gasteiger partial charge in [0.15, 0.2) is 5.78 Å². The number of amides is 1. The molecular weight excluding hydrogens is 266 g/mol. The lowest BCUT2D eigenvalue weighted by Gasteiger charge is -2.35. The SMILES string of the molecule is CCC(C(=O)c1ccc(N)cc1)N1CCC(C(N)=O)CC1. The van der Waals surface area contributed by atoms with E-state index in [2.05, 4.69) is 4.90 Å². The minimum absolute atomic E-state index is 0.0506. The number of nitrogens with two attached hydrogens (primary N) is 2. The van der Waals surface area contributed by atoms with Crippen molar-refractivity contribution in [3.05, 3.63) is 29.8 Å². The minimum atomic E-state index is -0.229. The number of Topliss-reactive ketones (excluding diaryl/α,β-unsaturated/α-hetero) is 1. The van der Waals surface area contributed by atoms with Crippen molar-refractivity contribution in [1.29, 1.82) is 0 Å². The van der Waals surface area contributed by atoms with Crippen molar-refractivity contribution in [3.63, 3.8) is 0 Å². The van der Waals surface area contributed by atoms with Crippen molar-refractivity contribution >= 4 is 17.4 Å². The van der Waals surface area contributed by atoms with E-state index in [1.54, 1.807) is 24.3 Å². The fourth-order valence-corrected chi connectivity index (χ4v) is 2.94. The number of anilines is 1. The van der Waals surface area contributed by atoms with Crippen LogP contribution in [-0.4, -0.2) is 35.7 Å². The van der Waals surface area contributed by atoms with E-state index < -0.39 is 0 Å². The van der Waals surface area contributed by atoms with Gasteiger partial charge in [0.1, 0.15) is 0 Å². The van der Waals surface area contributed by atoms with Crippen LogP contribution < -0.4 is 11.5 Å². The molecule has 21 heavy (non-hydrogen) atoms. The molecule has 1 saturated heterocycles. The highest BCUT2D eigenvalue weighted by Crippen LogP contribution is 2.22. The van der Waals surface area contributed by atoms with Crippen LogP contribution in [0.2, 0.25) is 0 Å². The highest BCUT2D eigenvalue weighted by molar-refractivity contribution is 6.00. The molecule has 1 fully saturated rings. The molecule has 1 aliphatic heterocycles. The Bertz CT molecular complexity index is 505. The number of benzene rings is 1. The van der Waals surface area contributed by atoms with E-state index in [0.29, 0.717) is 11.3 Å². The smallest absolute Gasteiger partial charge is 0.220 e. The molecule has 1 unspecified atom stereocenters. The van der Waals surface area contributed by atoms with Gasteiger partial charge in [-0.3, -0.25) is 14.5 Å². The van der Waals surface area contributed by atoms with Gasteiger partial charge < -0.3 is 11.5 Å². The highest BCUT2D eigenvalue weighted by atomic mass is 16.1. The van der Waals surface area contributed by atoms with Crippen molar-refractivity contribution in [2.75, 3.05) is 18.8 Å². The Kier molecular flexibility index (Phi) is 4.96. The number of rotatable bonds is 5. The van der Waals surface area contributed by atoms with Crippen LogP contribution in [0.4, 0.5) is 5.69 Å². The number of piperidine rings is 1. The number of likely N-dealkylation sites (tertiary alicyclic amines) is 1. The summed E-state index contributed by atoms with van der Waals surface area (Å²) in [5.41, 5.74) is 12.3. The molecule has 1 aromatic rings. The van der Waals surface area contributed by atoms with Gasteiger partial charge >= 0.3 is 0 Å². The van der Waals surface area contributed by atoms with Crippen LogP contribution in [0.15, 0.2) is 24.3 Å². The van der Waals surface area contributed by atoms with Gasteiger partial charge in [0, 0.05) is 17.2 Å². The summed E-state index contributed by atoms with van der Waals surface area (Å²) in [5, 5.41) is 0. The van der Waals surface area contributed by atoms with E-state index in [0.717, 1.165) is 32.4 Å². The Morgan fingerprint density at radius 1 is 1.24 bits per heavy atom. The molecule has 1 amide bonds. The molecule has 114 valence electrons. The number of nitrogens with zero attached hydrogens (tertiary/aromatic N) is 1. The zero-order valence-electron chi connectivity index (χ0n) is 12.4. The molecule has 1 atom stereocenters. The molecule has 5 nitrogen and oxygen atoms in total. The zero-order valence-corrected chi connectivity index (χ0v) is 12.4. The summed E-state index contributed by atoms with van der Waals surface area (Å²) in [6.45, 7) is 3.50. The fourth-order valence-electron chi connectivity index (χ4n) is 2.94. The Balaban J connectivity index is 2.04. The number of carbonyl (C=O) groups is 2. The zero-order chi connectivity index (χ0) is 15.4. The van der Waals surface area contributed by atoms with Crippen LogP contribution in [-0.2, 0) is 4.79 Å². The summed E-state index contributed by atoms with van der Waals surface area (Å²) in [6.07, 6.45) is 2.23. The van der Waals surface area contributed by atoms with Gasteiger partial charge in [-0.15, -0.1) is 0 Å². The normalized spacial score (nSPS) is 18.3. The minimum Gasteiger partial charge on any atom is -0.399 e. The van der Waals surface area contributed by atoms with Crippen LogP contribution in [0.5, 0.6) is 0 Å². The second-order valence-electron chi connectivity index (χ2n) is 5.62. The van der Waals surface area contributed by atoms with E-state index in [4.69, 9.17) is 11.5 Å². The summed E-state index contributed by atoms with van der Waals surface area (Å²) in [5.74, 6) is -0.159. The van der Waals surface area contributed by atoms with Crippen LogP contribution in [0.25, 0.3) is 0 Å². The number of carbonyl (C=O) groups excluding carboxylic acids is 2. The van der Waals surface area contributed by atoms with Crippen LogP contribution in [0.1, 0.15) is 36.5 Å². The predicted octanol–water partition coefficient (Wildman–Crippen LogP) is 1.43. The van der Waals surface area contributed by atoms with Crippen LogP contribution in [0, 0.1) is 5.92 Å². The molecule has 2 rings (SSSR count). The maximum atomic E-state index is 12.6. The first-order valence-electron chi connectivity index (χ1n) is 7.46. The molecule has 0 aromatic heterocycles. The number of ketones is 1. The maximum absolute atomic E-state index is 12.6. The molecule has 0 bridgehead atoms. The highest BCUT2D eigenvalue weighted by Gasteiger charge is 2.30. The first-order chi connectivity index (χ1) is 10.0. The Morgan fingerprint density at radius 3 is 2.29 bits per heavy atom. The largest absolute Gasteiger partial charge is 0.399 e. The molecule has 1 heterocycles. The van der Waals surface area contributed by atoms with Crippen LogP contribution in [0.3, 0.4) is 0 Å². The first-order valence-corrected chi connectivity index (χ1v) is 7.46. The first kappa shape index (κ1) is 15.5. The van der Waals surface area contributed by atoms with E-state index in [9.17, 15) is 9.59 Å². The molecule has 0 radical (unpaired) electrons. The van der Waals surface area contributed by atoms with Crippen molar-refractivity contribution < 1.29 is 9.59 Å². The molecule has 1 aliphatic rings. The van der Waals surface area contributed by atoms with Gasteiger partial charge in [-0.25, -0.2) is 0 Å². The van der Waals surface area contributed by atoms with Gasteiger partial charge in [-0.05, 0) is 56.6 Å². The van der Waals surface area contributed by atoms with E-state index >= 15 is 0 Å². The quantitative estimate of drug-likeness (QED) is 0.634. The molecule has 1 aromatic carbocycles. The summed E-state index contributed by atoms with van der Waals surface area (Å²) < 4.78 is 0. The third-order valence-corrected chi connectivity index (χ3v) is 4.26. The molecule has 5 heteroatoms. The van der Waals surface area contributed by atoms with E-state index in [-0.39, 0.29) is 23.7 Å². The van der Waals surface area contributed by atoms with Crippen molar-refractivity contribution in [2.24, 2.45) is 11.7 Å². The van der Waals surface area contributed by atoms with Crippen LogP contribution >= 0.6 is 0 Å². The third-order valence-electron chi connectivity index (χ3n) is 4.26. The third kappa shape index (κ3) is 3.61. The van der Waals surface area contributed by atoms with Crippen molar-refractivity contribution in [3.8, 4) is 0 Å². The Labute approximate surface area is 125 Å².